The zero-order valence-corrected chi connectivity index (χ0v) is 15.0. The lowest BCUT2D eigenvalue weighted by molar-refractivity contribution is 0.00652. The minimum atomic E-state index is -0.495. The molecule has 140 valence electrons. The van der Waals surface area contributed by atoms with Crippen molar-refractivity contribution in [1.29, 1.82) is 0 Å². The first-order chi connectivity index (χ1) is 13.1. The van der Waals surface area contributed by atoms with Gasteiger partial charge in [0.1, 0.15) is 24.1 Å². The summed E-state index contributed by atoms with van der Waals surface area (Å²) in [7, 11) is 0. The zero-order chi connectivity index (χ0) is 18.8. The maximum Gasteiger partial charge on any atom is 0.162 e. The second-order valence-corrected chi connectivity index (χ2v) is 6.68. The Bertz CT molecular complexity index is 980. The van der Waals surface area contributed by atoms with Crippen LogP contribution in [-0.2, 0) is 4.74 Å². The minimum Gasteiger partial charge on any atom is -0.504 e. The first-order valence-corrected chi connectivity index (χ1v) is 8.92. The van der Waals surface area contributed by atoms with Crippen LogP contribution in [0.15, 0.2) is 36.7 Å². The number of hydrogen-bond acceptors (Lipinski definition) is 6. The Morgan fingerprint density at radius 1 is 1.26 bits per heavy atom. The number of halogens is 2. The molecule has 2 aromatic carbocycles. The summed E-state index contributed by atoms with van der Waals surface area (Å²) < 4.78 is 24.7. The summed E-state index contributed by atoms with van der Waals surface area (Å²) in [4.78, 5) is 8.44. The molecule has 1 saturated heterocycles. The van der Waals surface area contributed by atoms with E-state index in [1.165, 1.54) is 24.5 Å². The molecule has 1 fully saturated rings. The predicted molar refractivity (Wildman–Crippen MR) is 100 cm³/mol. The van der Waals surface area contributed by atoms with Gasteiger partial charge in [0.15, 0.2) is 11.5 Å². The largest absolute Gasteiger partial charge is 0.504 e. The number of nitrogens with zero attached hydrogens (tertiary/aromatic N) is 2. The van der Waals surface area contributed by atoms with Crippen LogP contribution in [0.3, 0.4) is 0 Å². The van der Waals surface area contributed by atoms with Crippen molar-refractivity contribution < 1.29 is 19.0 Å². The van der Waals surface area contributed by atoms with Gasteiger partial charge in [-0.2, -0.15) is 0 Å². The predicted octanol–water partition coefficient (Wildman–Crippen LogP) is 4.43. The average Bonchev–Trinajstić information content (AvgIpc) is 2.67. The molecule has 2 heterocycles. The van der Waals surface area contributed by atoms with Crippen molar-refractivity contribution in [1.82, 2.24) is 9.97 Å². The lowest BCUT2D eigenvalue weighted by Crippen LogP contribution is -2.28. The molecule has 1 aromatic heterocycles. The fourth-order valence-corrected chi connectivity index (χ4v) is 3.14. The van der Waals surface area contributed by atoms with Gasteiger partial charge in [0, 0.05) is 23.7 Å². The van der Waals surface area contributed by atoms with E-state index >= 15 is 0 Å². The second-order valence-electron chi connectivity index (χ2n) is 6.27. The van der Waals surface area contributed by atoms with Gasteiger partial charge in [-0.1, -0.05) is 11.6 Å². The van der Waals surface area contributed by atoms with Gasteiger partial charge >= 0.3 is 0 Å². The van der Waals surface area contributed by atoms with Crippen LogP contribution in [0.2, 0.25) is 5.02 Å². The van der Waals surface area contributed by atoms with Gasteiger partial charge in [0.25, 0.3) is 0 Å². The average molecular weight is 390 g/mol. The lowest BCUT2D eigenvalue weighted by Gasteiger charge is -2.23. The van der Waals surface area contributed by atoms with Crippen molar-refractivity contribution in [3.63, 3.8) is 0 Å². The van der Waals surface area contributed by atoms with Crippen LogP contribution >= 0.6 is 11.6 Å². The molecular weight excluding hydrogens is 373 g/mol. The van der Waals surface area contributed by atoms with Crippen molar-refractivity contribution in [2.75, 3.05) is 18.5 Å². The lowest BCUT2D eigenvalue weighted by atomic mass is 10.1. The molecule has 0 saturated carbocycles. The van der Waals surface area contributed by atoms with Gasteiger partial charge in [-0.15, -0.1) is 0 Å². The van der Waals surface area contributed by atoms with E-state index in [-0.39, 0.29) is 16.9 Å². The Morgan fingerprint density at radius 2 is 2.15 bits per heavy atom. The molecule has 1 aliphatic heterocycles. The molecule has 0 aliphatic carbocycles. The van der Waals surface area contributed by atoms with Gasteiger partial charge in [0.2, 0.25) is 0 Å². The summed E-state index contributed by atoms with van der Waals surface area (Å²) in [5.41, 5.74) is 1.13. The highest BCUT2D eigenvalue weighted by atomic mass is 35.5. The van der Waals surface area contributed by atoms with Crippen LogP contribution in [0, 0.1) is 5.82 Å². The van der Waals surface area contributed by atoms with Crippen LogP contribution in [0.1, 0.15) is 12.8 Å². The minimum absolute atomic E-state index is 0.00236. The third-order valence-electron chi connectivity index (χ3n) is 4.31. The number of anilines is 2. The maximum atomic E-state index is 13.4. The van der Waals surface area contributed by atoms with E-state index < -0.39 is 5.82 Å². The normalized spacial score (nSPS) is 17.0. The summed E-state index contributed by atoms with van der Waals surface area (Å²) in [5, 5.41) is 14.0. The van der Waals surface area contributed by atoms with E-state index in [1.807, 2.05) is 0 Å². The van der Waals surface area contributed by atoms with Crippen molar-refractivity contribution in [2.45, 2.75) is 18.9 Å². The van der Waals surface area contributed by atoms with Crippen molar-refractivity contribution >= 4 is 34.0 Å². The summed E-state index contributed by atoms with van der Waals surface area (Å²) >= 11 is 5.84. The molecule has 0 unspecified atom stereocenters. The second kappa shape index (κ2) is 7.54. The fraction of sp³-hybridized carbons (Fsp3) is 0.263. The van der Waals surface area contributed by atoms with Crippen molar-refractivity contribution in [3.8, 4) is 11.5 Å². The third-order valence-corrected chi connectivity index (χ3v) is 4.60. The number of ether oxygens (including phenoxy) is 2. The standard InChI is InChI=1S/C19H17ClFN3O3/c20-14-6-11(3-4-15(14)21)24-19-13-7-18(27-12-2-1-5-26-9-12)17(25)8-16(13)22-10-23-19/h3-4,6-8,10,12,25H,1-2,5,9H2,(H,22,23,24)/t12-/m0/s1. The smallest absolute Gasteiger partial charge is 0.162 e. The summed E-state index contributed by atoms with van der Waals surface area (Å²) in [5.74, 6) is 0.341. The van der Waals surface area contributed by atoms with E-state index in [1.54, 1.807) is 12.1 Å². The highest BCUT2D eigenvalue weighted by molar-refractivity contribution is 6.31. The Labute approximate surface area is 159 Å². The van der Waals surface area contributed by atoms with Crippen LogP contribution in [0.4, 0.5) is 15.9 Å². The van der Waals surface area contributed by atoms with Gasteiger partial charge in [-0.25, -0.2) is 14.4 Å². The van der Waals surface area contributed by atoms with Crippen molar-refractivity contribution in [2.24, 2.45) is 0 Å². The highest BCUT2D eigenvalue weighted by Gasteiger charge is 2.18. The quantitative estimate of drug-likeness (QED) is 0.687. The van der Waals surface area contributed by atoms with Crippen LogP contribution in [-0.4, -0.2) is 34.4 Å². The topological polar surface area (TPSA) is 76.5 Å². The number of nitrogens with one attached hydrogen (secondary N) is 1. The highest BCUT2D eigenvalue weighted by Crippen LogP contribution is 2.35. The number of aromatic nitrogens is 2. The maximum absolute atomic E-state index is 13.4. The summed E-state index contributed by atoms with van der Waals surface area (Å²) in [6.45, 7) is 1.22. The molecule has 1 atom stereocenters. The molecule has 0 radical (unpaired) electrons. The zero-order valence-electron chi connectivity index (χ0n) is 14.3. The molecule has 2 N–H and O–H groups in total. The van der Waals surface area contributed by atoms with Gasteiger partial charge in [0.05, 0.1) is 17.1 Å². The Hall–Kier alpha value is -2.64. The molecule has 1 aliphatic rings. The van der Waals surface area contributed by atoms with E-state index in [4.69, 9.17) is 21.1 Å². The van der Waals surface area contributed by atoms with Crippen LogP contribution < -0.4 is 10.1 Å². The van der Waals surface area contributed by atoms with E-state index in [0.717, 1.165) is 19.4 Å². The molecule has 8 heteroatoms. The molecule has 3 aromatic rings. The third kappa shape index (κ3) is 3.89. The van der Waals surface area contributed by atoms with E-state index in [0.29, 0.717) is 34.8 Å². The van der Waals surface area contributed by atoms with Crippen molar-refractivity contribution in [3.05, 3.63) is 47.5 Å². The molecular formula is C19H17ClFN3O3. The van der Waals surface area contributed by atoms with E-state index in [9.17, 15) is 9.50 Å². The summed E-state index contributed by atoms with van der Waals surface area (Å²) in [6.07, 6.45) is 3.05. The molecule has 0 spiro atoms. The SMILES string of the molecule is Oc1cc2ncnc(Nc3ccc(F)c(Cl)c3)c2cc1O[C@H]1CCCOC1. The van der Waals surface area contributed by atoms with Gasteiger partial charge in [-0.3, -0.25) is 0 Å². The Morgan fingerprint density at radius 3 is 2.93 bits per heavy atom. The fourth-order valence-electron chi connectivity index (χ4n) is 2.96. The van der Waals surface area contributed by atoms with Gasteiger partial charge in [-0.05, 0) is 37.1 Å². The number of aromatic hydroxyl groups is 1. The summed E-state index contributed by atoms with van der Waals surface area (Å²) in [6, 6.07) is 7.53. The number of phenolic OH excluding ortho intramolecular Hbond substituents is 1. The first-order valence-electron chi connectivity index (χ1n) is 8.54. The Kier molecular flexibility index (Phi) is 4.96. The monoisotopic (exact) mass is 389 g/mol. The van der Waals surface area contributed by atoms with Gasteiger partial charge < -0.3 is 19.9 Å². The first kappa shape index (κ1) is 17.8. The van der Waals surface area contributed by atoms with Crippen LogP contribution in [0.5, 0.6) is 11.5 Å². The molecule has 4 rings (SSSR count). The molecule has 0 bridgehead atoms. The van der Waals surface area contributed by atoms with E-state index in [2.05, 4.69) is 15.3 Å². The molecule has 6 nitrogen and oxygen atoms in total. The number of phenols is 1. The number of benzene rings is 2. The molecule has 27 heavy (non-hydrogen) atoms. The molecule has 0 amide bonds. The number of rotatable bonds is 4. The van der Waals surface area contributed by atoms with Crippen LogP contribution in [0.25, 0.3) is 10.9 Å². The number of fused-ring (bicyclic) bond motifs is 1. The number of hydrogen-bond donors (Lipinski definition) is 2. The Balaban J connectivity index is 1.67.